The normalized spacial score (nSPS) is 20.9. The Morgan fingerprint density at radius 3 is 2.59 bits per heavy atom. The van der Waals surface area contributed by atoms with Crippen molar-refractivity contribution in [2.45, 2.75) is 37.6 Å². The van der Waals surface area contributed by atoms with E-state index in [0.29, 0.717) is 18.6 Å². The third-order valence-electron chi connectivity index (χ3n) is 5.30. The number of benzene rings is 2. The number of carbonyl (C=O) groups excluding carboxylic acids is 1. The van der Waals surface area contributed by atoms with Crippen LogP contribution in [0.4, 0.5) is 13.2 Å². The number of aryl methyl sites for hydroxylation is 1. The Kier molecular flexibility index (Phi) is 5.80. The van der Waals surface area contributed by atoms with E-state index < -0.39 is 27.3 Å². The van der Waals surface area contributed by atoms with E-state index in [1.165, 1.54) is 17.9 Å². The van der Waals surface area contributed by atoms with Crippen molar-refractivity contribution in [3.63, 3.8) is 0 Å². The summed E-state index contributed by atoms with van der Waals surface area (Å²) in [7, 11) is -5.96. The molecule has 0 bridgehead atoms. The molecule has 4 rings (SSSR count). The zero-order valence-corrected chi connectivity index (χ0v) is 17.8. The Hall–Kier alpha value is -2.79. The highest BCUT2D eigenvalue weighted by molar-refractivity contribution is 7.88. The summed E-state index contributed by atoms with van der Waals surface area (Å²) in [5.41, 5.74) is -4.64. The lowest BCUT2D eigenvalue weighted by Crippen LogP contribution is -2.37. The number of ether oxygens (including phenoxy) is 2. The topological polar surface area (TPSA) is 82.1 Å². The van der Waals surface area contributed by atoms with Crippen LogP contribution in [0.3, 0.4) is 0 Å². The molecule has 2 aromatic carbocycles. The van der Waals surface area contributed by atoms with Crippen LogP contribution in [0.5, 0.6) is 11.5 Å². The number of fused-ring (bicyclic) bond motifs is 2. The summed E-state index contributed by atoms with van der Waals surface area (Å²) in [6.45, 7) is 2.16. The van der Waals surface area contributed by atoms with E-state index in [4.69, 9.17) is 9.47 Å². The van der Waals surface area contributed by atoms with Gasteiger partial charge in [-0.3, -0.25) is 4.79 Å². The van der Waals surface area contributed by atoms with Crippen LogP contribution < -0.4 is 8.92 Å². The second kappa shape index (κ2) is 8.28. The van der Waals surface area contributed by atoms with Crippen molar-refractivity contribution in [3.05, 3.63) is 59.2 Å². The molecule has 2 aliphatic heterocycles. The fraction of sp³-hybridized carbons (Fsp3) is 0.381. The molecule has 0 unspecified atom stereocenters. The Morgan fingerprint density at radius 1 is 1.19 bits per heavy atom. The van der Waals surface area contributed by atoms with Crippen LogP contribution >= 0.6 is 0 Å². The van der Waals surface area contributed by atoms with E-state index in [1.54, 1.807) is 0 Å². The summed E-state index contributed by atoms with van der Waals surface area (Å²) in [5, 5.41) is 0. The number of rotatable bonds is 5. The predicted molar refractivity (Wildman–Crippen MR) is 107 cm³/mol. The van der Waals surface area contributed by atoms with Crippen LogP contribution in [0, 0.1) is 6.92 Å². The van der Waals surface area contributed by atoms with Gasteiger partial charge in [-0.15, -0.1) is 0 Å². The first-order chi connectivity index (χ1) is 15.0. The van der Waals surface area contributed by atoms with Crippen molar-refractivity contribution in [1.82, 2.24) is 4.90 Å². The number of hydrogen-bond acceptors (Lipinski definition) is 6. The van der Waals surface area contributed by atoms with E-state index in [9.17, 15) is 26.4 Å². The third kappa shape index (κ3) is 4.40. The molecule has 1 amide bonds. The third-order valence-corrected chi connectivity index (χ3v) is 6.27. The second-order valence-corrected chi connectivity index (χ2v) is 9.23. The summed E-state index contributed by atoms with van der Waals surface area (Å²) in [6, 6.07) is 11.6. The highest BCUT2D eigenvalue weighted by Crippen LogP contribution is 2.39. The van der Waals surface area contributed by atoms with Crippen molar-refractivity contribution < 1.29 is 40.0 Å². The van der Waals surface area contributed by atoms with Gasteiger partial charge in [0.25, 0.3) is 5.91 Å². The van der Waals surface area contributed by atoms with Crippen LogP contribution in [-0.4, -0.2) is 50.0 Å². The lowest BCUT2D eigenvalue weighted by atomic mass is 10.1. The van der Waals surface area contributed by atoms with E-state index in [0.717, 1.165) is 11.6 Å². The minimum absolute atomic E-state index is 0.0153. The lowest BCUT2D eigenvalue weighted by Gasteiger charge is -2.21. The average Bonchev–Trinajstić information content (AvgIpc) is 3.07. The molecule has 0 aliphatic carbocycles. The Labute approximate surface area is 182 Å². The van der Waals surface area contributed by atoms with Crippen LogP contribution in [0.1, 0.15) is 27.9 Å². The molecule has 11 heteroatoms. The van der Waals surface area contributed by atoms with Crippen molar-refractivity contribution in [2.75, 3.05) is 13.2 Å². The van der Waals surface area contributed by atoms with Gasteiger partial charge in [0.15, 0.2) is 5.75 Å². The smallest absolute Gasteiger partial charge is 0.490 e. The van der Waals surface area contributed by atoms with Crippen LogP contribution in [0.25, 0.3) is 0 Å². The van der Waals surface area contributed by atoms with Gasteiger partial charge in [0.1, 0.15) is 17.9 Å². The first kappa shape index (κ1) is 22.4. The van der Waals surface area contributed by atoms with Gasteiger partial charge in [0.05, 0.1) is 18.8 Å². The molecule has 1 saturated heterocycles. The molecule has 2 atom stereocenters. The van der Waals surface area contributed by atoms with E-state index >= 15 is 0 Å². The molecule has 0 aromatic heterocycles. The largest absolute Gasteiger partial charge is 0.534 e. The lowest BCUT2D eigenvalue weighted by molar-refractivity contribution is -0.0500. The van der Waals surface area contributed by atoms with Gasteiger partial charge in [-0.1, -0.05) is 30.3 Å². The number of carbonyl (C=O) groups is 1. The highest BCUT2D eigenvalue weighted by atomic mass is 32.2. The molecule has 7 nitrogen and oxygen atoms in total. The minimum atomic E-state index is -5.96. The SMILES string of the molecule is Cc1cc2c(c(OS(=O)(=O)C(F)(F)F)c1)C(=O)N1C[C@@H](OCc3ccccc3)C[C@@H]1CO2. The Morgan fingerprint density at radius 2 is 1.91 bits per heavy atom. The fourth-order valence-electron chi connectivity index (χ4n) is 3.80. The molecule has 2 aliphatic rings. The molecule has 0 saturated carbocycles. The first-order valence-electron chi connectivity index (χ1n) is 9.80. The maximum absolute atomic E-state index is 13.2. The van der Waals surface area contributed by atoms with Crippen molar-refractivity contribution in [1.29, 1.82) is 0 Å². The molecule has 172 valence electrons. The molecule has 2 heterocycles. The monoisotopic (exact) mass is 471 g/mol. The molecule has 0 spiro atoms. The number of halogens is 3. The van der Waals surface area contributed by atoms with E-state index in [1.807, 2.05) is 30.3 Å². The van der Waals surface area contributed by atoms with Crippen molar-refractivity contribution in [2.24, 2.45) is 0 Å². The summed E-state index contributed by atoms with van der Waals surface area (Å²) in [5.74, 6) is -1.39. The van der Waals surface area contributed by atoms with Crippen molar-refractivity contribution in [3.8, 4) is 11.5 Å². The fourth-order valence-corrected chi connectivity index (χ4v) is 4.26. The van der Waals surface area contributed by atoms with E-state index in [-0.39, 0.29) is 36.6 Å². The molecule has 1 fully saturated rings. The molecule has 0 radical (unpaired) electrons. The van der Waals surface area contributed by atoms with E-state index in [2.05, 4.69) is 4.18 Å². The molecule has 2 aromatic rings. The summed E-state index contributed by atoms with van der Waals surface area (Å²) < 4.78 is 77.7. The highest BCUT2D eigenvalue weighted by Gasteiger charge is 2.50. The molecular formula is C21H20F3NO6S. The summed E-state index contributed by atoms with van der Waals surface area (Å²) in [4.78, 5) is 14.7. The molecule has 32 heavy (non-hydrogen) atoms. The average molecular weight is 471 g/mol. The second-order valence-electron chi connectivity index (χ2n) is 7.70. The van der Waals surface area contributed by atoms with Gasteiger partial charge in [0.2, 0.25) is 0 Å². The predicted octanol–water partition coefficient (Wildman–Crippen LogP) is 3.42. The maximum Gasteiger partial charge on any atom is 0.534 e. The Balaban J connectivity index is 1.58. The number of alkyl halides is 3. The van der Waals surface area contributed by atoms with Crippen LogP contribution in [-0.2, 0) is 21.5 Å². The van der Waals surface area contributed by atoms with Crippen LogP contribution in [0.15, 0.2) is 42.5 Å². The quantitative estimate of drug-likeness (QED) is 0.491. The minimum Gasteiger partial charge on any atom is -0.490 e. The van der Waals surface area contributed by atoms with Gasteiger partial charge in [-0.25, -0.2) is 0 Å². The number of hydrogen-bond donors (Lipinski definition) is 0. The van der Waals surface area contributed by atoms with Crippen LogP contribution in [0.2, 0.25) is 0 Å². The zero-order chi connectivity index (χ0) is 23.1. The first-order valence-corrected chi connectivity index (χ1v) is 11.2. The number of nitrogens with zero attached hydrogens (tertiary/aromatic N) is 1. The molecule has 0 N–H and O–H groups in total. The summed E-state index contributed by atoms with van der Waals surface area (Å²) in [6.07, 6.45) is 0.172. The summed E-state index contributed by atoms with van der Waals surface area (Å²) >= 11 is 0. The van der Waals surface area contributed by atoms with Gasteiger partial charge < -0.3 is 18.6 Å². The zero-order valence-electron chi connectivity index (χ0n) is 17.0. The van der Waals surface area contributed by atoms with Gasteiger partial charge in [-0.2, -0.15) is 21.6 Å². The standard InChI is InChI=1S/C21H20F3NO6S/c1-13-7-17-19(18(8-13)31-32(27,28)21(22,23)24)20(26)25-10-16(9-15(25)12-30-17)29-11-14-5-3-2-4-6-14/h2-8,15-16H,9-12H2,1H3/t15-,16+/m1/s1. The Bertz CT molecular complexity index is 1120. The van der Waals surface area contributed by atoms with Gasteiger partial charge >= 0.3 is 15.6 Å². The van der Waals surface area contributed by atoms with Gasteiger partial charge in [0, 0.05) is 6.54 Å². The maximum atomic E-state index is 13.2. The van der Waals surface area contributed by atoms with Crippen molar-refractivity contribution >= 4 is 16.0 Å². The van der Waals surface area contributed by atoms with Gasteiger partial charge in [-0.05, 0) is 36.6 Å². The molecular weight excluding hydrogens is 451 g/mol. The number of amides is 1.